The van der Waals surface area contributed by atoms with Gasteiger partial charge in [0.05, 0.1) is 11.3 Å². The van der Waals surface area contributed by atoms with Gasteiger partial charge in [0, 0.05) is 13.1 Å². The van der Waals surface area contributed by atoms with Crippen LogP contribution in [0.1, 0.15) is 16.8 Å². The maximum atomic E-state index is 12.9. The highest BCUT2D eigenvalue weighted by Gasteiger charge is 2.50. The van der Waals surface area contributed by atoms with Crippen LogP contribution in [-0.2, 0) is 4.79 Å². The number of para-hydroxylation sites is 1. The highest BCUT2D eigenvalue weighted by atomic mass is 16.2. The molecule has 3 aliphatic rings. The fraction of sp³-hybridized carbons (Fsp3) is 0.368. The lowest BCUT2D eigenvalue weighted by molar-refractivity contribution is -0.111. The van der Waals surface area contributed by atoms with Gasteiger partial charge in [0.25, 0.3) is 5.91 Å². The number of benzene rings is 1. The molecule has 1 aromatic carbocycles. The quantitative estimate of drug-likeness (QED) is 0.689. The molecule has 1 aromatic rings. The third-order valence-electron chi connectivity index (χ3n) is 5.55. The first-order chi connectivity index (χ1) is 11.2. The second kappa shape index (κ2) is 5.37. The lowest BCUT2D eigenvalue weighted by atomic mass is 9.86. The summed E-state index contributed by atoms with van der Waals surface area (Å²) in [5, 5.41) is 2.73. The van der Waals surface area contributed by atoms with Crippen LogP contribution in [0.5, 0.6) is 0 Å². The van der Waals surface area contributed by atoms with Crippen LogP contribution in [0.2, 0.25) is 0 Å². The predicted octanol–water partition coefficient (Wildman–Crippen LogP) is 2.71. The van der Waals surface area contributed by atoms with Gasteiger partial charge in [0.1, 0.15) is 0 Å². The molecule has 1 N–H and O–H groups in total. The van der Waals surface area contributed by atoms with Crippen molar-refractivity contribution in [2.24, 2.45) is 23.7 Å². The molecule has 2 amide bonds. The Morgan fingerprint density at radius 3 is 2.43 bits per heavy atom. The summed E-state index contributed by atoms with van der Waals surface area (Å²) in [4.78, 5) is 26.5. The number of hydrogen-bond acceptors (Lipinski definition) is 2. The zero-order chi connectivity index (χ0) is 16.0. The van der Waals surface area contributed by atoms with Gasteiger partial charge in [0.2, 0.25) is 5.91 Å². The molecule has 1 aliphatic heterocycles. The number of likely N-dealkylation sites (tertiary alicyclic amines) is 1. The molecule has 1 saturated carbocycles. The van der Waals surface area contributed by atoms with Crippen LogP contribution < -0.4 is 5.32 Å². The van der Waals surface area contributed by atoms with Crippen molar-refractivity contribution < 1.29 is 9.59 Å². The highest BCUT2D eigenvalue weighted by molar-refractivity contribution is 6.06. The van der Waals surface area contributed by atoms with Crippen LogP contribution in [0.4, 0.5) is 5.69 Å². The number of hydrogen-bond donors (Lipinski definition) is 1. The number of fused-ring (bicyclic) bond motifs is 5. The summed E-state index contributed by atoms with van der Waals surface area (Å²) in [7, 11) is 0. The number of allylic oxidation sites excluding steroid dienone is 2. The fourth-order valence-electron chi connectivity index (χ4n) is 4.45. The molecule has 0 spiro atoms. The Morgan fingerprint density at radius 2 is 1.78 bits per heavy atom. The molecule has 2 fully saturated rings. The number of rotatable bonds is 3. The van der Waals surface area contributed by atoms with Gasteiger partial charge >= 0.3 is 0 Å². The summed E-state index contributed by atoms with van der Waals surface area (Å²) in [6.45, 7) is 5.12. The lowest BCUT2D eigenvalue weighted by Crippen LogP contribution is -2.31. The minimum absolute atomic E-state index is 0.0127. The van der Waals surface area contributed by atoms with E-state index in [-0.39, 0.29) is 11.8 Å². The van der Waals surface area contributed by atoms with Crippen molar-refractivity contribution in [3.63, 3.8) is 0 Å². The number of carbonyl (C=O) groups excluding carboxylic acids is 2. The average Bonchev–Trinajstić information content (AvgIpc) is 3.27. The summed E-state index contributed by atoms with van der Waals surface area (Å²) in [6, 6.07) is 7.19. The van der Waals surface area contributed by atoms with Crippen LogP contribution >= 0.6 is 0 Å². The van der Waals surface area contributed by atoms with Gasteiger partial charge in [-0.3, -0.25) is 9.59 Å². The van der Waals surface area contributed by atoms with E-state index < -0.39 is 0 Å². The summed E-state index contributed by atoms with van der Waals surface area (Å²) < 4.78 is 0. The van der Waals surface area contributed by atoms with Gasteiger partial charge in [0.15, 0.2) is 0 Å². The topological polar surface area (TPSA) is 49.4 Å². The van der Waals surface area contributed by atoms with Crippen molar-refractivity contribution in [3.8, 4) is 0 Å². The van der Waals surface area contributed by atoms with E-state index in [9.17, 15) is 9.59 Å². The first kappa shape index (κ1) is 14.2. The molecule has 0 aromatic heterocycles. The van der Waals surface area contributed by atoms with Gasteiger partial charge < -0.3 is 10.2 Å². The smallest absolute Gasteiger partial charge is 0.255 e. The fourth-order valence-corrected chi connectivity index (χ4v) is 4.45. The first-order valence-electron chi connectivity index (χ1n) is 8.17. The molecular formula is C19H20N2O2. The van der Waals surface area contributed by atoms with Gasteiger partial charge in [-0.05, 0) is 48.3 Å². The molecule has 118 valence electrons. The van der Waals surface area contributed by atoms with Crippen molar-refractivity contribution in [1.82, 2.24) is 4.90 Å². The Labute approximate surface area is 135 Å². The molecule has 0 radical (unpaired) electrons. The van der Waals surface area contributed by atoms with E-state index in [4.69, 9.17) is 0 Å². The monoisotopic (exact) mass is 308 g/mol. The molecule has 2 bridgehead atoms. The third kappa shape index (κ3) is 2.29. The van der Waals surface area contributed by atoms with Crippen LogP contribution in [0.25, 0.3) is 0 Å². The zero-order valence-corrected chi connectivity index (χ0v) is 12.9. The number of anilines is 1. The number of amides is 2. The van der Waals surface area contributed by atoms with Crippen LogP contribution in [0, 0.1) is 23.7 Å². The van der Waals surface area contributed by atoms with Gasteiger partial charge in [-0.15, -0.1) is 0 Å². The molecular weight excluding hydrogens is 288 g/mol. The third-order valence-corrected chi connectivity index (χ3v) is 5.55. The maximum absolute atomic E-state index is 12.9. The molecule has 4 atom stereocenters. The molecule has 2 aliphatic carbocycles. The summed E-state index contributed by atoms with van der Waals surface area (Å²) in [6.07, 6.45) is 7.14. The Kier molecular flexibility index (Phi) is 3.33. The van der Waals surface area contributed by atoms with Crippen molar-refractivity contribution >= 4 is 17.5 Å². The second-order valence-corrected chi connectivity index (χ2v) is 6.73. The van der Waals surface area contributed by atoms with Gasteiger partial charge in [-0.1, -0.05) is 30.9 Å². The Hall–Kier alpha value is -2.36. The van der Waals surface area contributed by atoms with Crippen molar-refractivity contribution in [2.75, 3.05) is 18.4 Å². The summed E-state index contributed by atoms with van der Waals surface area (Å²) in [5.74, 6) is 2.24. The zero-order valence-electron chi connectivity index (χ0n) is 12.9. The average molecular weight is 308 g/mol. The van der Waals surface area contributed by atoms with Crippen molar-refractivity contribution in [1.29, 1.82) is 0 Å². The standard InChI is InChI=1S/C19H20N2O2/c1-2-18(22)20-17-6-4-3-5-14(17)19(23)21-10-15-12-7-8-13(9-12)16(15)11-21/h2-8,12-13,15-16H,1,9-11H2,(H,20,22)/t12?,13?,15-,16+. The SMILES string of the molecule is C=CC(=O)Nc1ccccc1C(=O)N1C[C@@H]2C3C=CC(C3)[C@@H]2C1. The number of carbonyl (C=O) groups is 2. The van der Waals surface area contributed by atoms with Crippen LogP contribution in [0.3, 0.4) is 0 Å². The van der Waals surface area contributed by atoms with Gasteiger partial charge in [-0.2, -0.15) is 0 Å². The molecule has 4 nitrogen and oxygen atoms in total. The Balaban J connectivity index is 1.54. The minimum atomic E-state index is -0.300. The van der Waals surface area contributed by atoms with Gasteiger partial charge in [-0.25, -0.2) is 0 Å². The number of nitrogens with zero attached hydrogens (tertiary/aromatic N) is 1. The second-order valence-electron chi connectivity index (χ2n) is 6.73. The lowest BCUT2D eigenvalue weighted by Gasteiger charge is -2.20. The van der Waals surface area contributed by atoms with E-state index in [1.54, 1.807) is 12.1 Å². The highest BCUT2D eigenvalue weighted by Crippen LogP contribution is 2.51. The van der Waals surface area contributed by atoms with Crippen molar-refractivity contribution in [3.05, 3.63) is 54.6 Å². The molecule has 2 unspecified atom stereocenters. The summed E-state index contributed by atoms with van der Waals surface area (Å²) in [5.41, 5.74) is 1.11. The molecule has 1 saturated heterocycles. The summed E-state index contributed by atoms with van der Waals surface area (Å²) >= 11 is 0. The van der Waals surface area contributed by atoms with Crippen LogP contribution in [0.15, 0.2) is 49.1 Å². The predicted molar refractivity (Wildman–Crippen MR) is 88.9 cm³/mol. The maximum Gasteiger partial charge on any atom is 0.255 e. The normalized spacial score (nSPS) is 30.3. The largest absolute Gasteiger partial charge is 0.338 e. The van der Waals surface area contributed by atoms with E-state index in [0.717, 1.165) is 13.1 Å². The van der Waals surface area contributed by atoms with E-state index >= 15 is 0 Å². The molecule has 4 heteroatoms. The molecule has 1 heterocycles. The Morgan fingerprint density at radius 1 is 1.13 bits per heavy atom. The van der Waals surface area contributed by atoms with Crippen molar-refractivity contribution in [2.45, 2.75) is 6.42 Å². The Bertz CT molecular complexity index is 689. The molecule has 4 rings (SSSR count). The molecule has 23 heavy (non-hydrogen) atoms. The minimum Gasteiger partial charge on any atom is -0.338 e. The first-order valence-corrected chi connectivity index (χ1v) is 8.17. The van der Waals surface area contributed by atoms with E-state index in [2.05, 4.69) is 24.0 Å². The number of nitrogens with one attached hydrogen (secondary N) is 1. The van der Waals surface area contributed by atoms with E-state index in [1.165, 1.54) is 12.5 Å². The van der Waals surface area contributed by atoms with E-state index in [0.29, 0.717) is 34.9 Å². The van der Waals surface area contributed by atoms with Crippen LogP contribution in [-0.4, -0.2) is 29.8 Å². The van der Waals surface area contributed by atoms with E-state index in [1.807, 2.05) is 17.0 Å².